The molecular weight excluding hydrogens is 522 g/mol. The van der Waals surface area contributed by atoms with E-state index in [4.69, 9.17) is 10.5 Å². The largest absolute Gasteiger partial charge is 0.444 e. The number of nitrogens with zero attached hydrogens (tertiary/aromatic N) is 5. The molecule has 0 saturated carbocycles. The second-order valence-electron chi connectivity index (χ2n) is 9.73. The molecule has 2 saturated heterocycles. The van der Waals surface area contributed by atoms with Gasteiger partial charge in [-0.05, 0) is 64.3 Å². The van der Waals surface area contributed by atoms with Crippen LogP contribution in [0.2, 0.25) is 0 Å². The first kappa shape index (κ1) is 35.1. The van der Waals surface area contributed by atoms with E-state index >= 15 is 0 Å². The highest BCUT2D eigenvalue weighted by Gasteiger charge is 2.19. The average Bonchev–Trinajstić information content (AvgIpc) is 2.99. The lowest BCUT2D eigenvalue weighted by Gasteiger charge is -2.27. The number of piperidine rings is 1. The van der Waals surface area contributed by atoms with E-state index < -0.39 is 11.7 Å². The molecular formula is C30H47N7O4. The number of amides is 2. The van der Waals surface area contributed by atoms with Gasteiger partial charge >= 0.3 is 6.09 Å². The second-order valence-corrected chi connectivity index (χ2v) is 9.73. The van der Waals surface area contributed by atoms with Crippen LogP contribution in [0.3, 0.4) is 0 Å². The van der Waals surface area contributed by atoms with E-state index in [1.54, 1.807) is 44.0 Å². The molecule has 0 radical (unpaired) electrons. The van der Waals surface area contributed by atoms with Gasteiger partial charge in [0.2, 0.25) is 0 Å². The molecule has 11 nitrogen and oxygen atoms in total. The standard InChI is InChI=1S/C21H24N6O2.C5H11NO2.2C2H6/c22-14-18-20(25-19(15-23-18)26-8-2-1-3-9-26)24-17-6-4-16(5-7-17)21(28)27-10-12-29-13-11-27;1-5(2,3)8-4(6)7;2*1-2/h4-7,15H,1-3,8-13H2,(H,24,25);1-3H3,(H2,6,7);2*1-2H3. The van der Waals surface area contributed by atoms with Crippen molar-refractivity contribution >= 4 is 29.3 Å². The number of anilines is 3. The SMILES string of the molecule is CC.CC.CC(C)(C)OC(N)=O.N#Cc1ncc(N2CCCCC2)nc1Nc1ccc(C(=O)N2CCOCC2)cc1. The Morgan fingerprint density at radius 1 is 1.00 bits per heavy atom. The van der Waals surface area contributed by atoms with Gasteiger partial charge in [0.15, 0.2) is 11.5 Å². The Balaban J connectivity index is 0.000000601. The third-order valence-corrected chi connectivity index (χ3v) is 5.65. The summed E-state index contributed by atoms with van der Waals surface area (Å²) in [6.07, 6.45) is 4.46. The van der Waals surface area contributed by atoms with Crippen LogP contribution in [0, 0.1) is 11.3 Å². The van der Waals surface area contributed by atoms with Crippen molar-refractivity contribution in [3.05, 3.63) is 41.7 Å². The van der Waals surface area contributed by atoms with E-state index in [9.17, 15) is 14.9 Å². The van der Waals surface area contributed by atoms with Crippen LogP contribution in [0.1, 0.15) is 83.8 Å². The molecule has 0 aliphatic carbocycles. The lowest BCUT2D eigenvalue weighted by molar-refractivity contribution is 0.0303. The van der Waals surface area contributed by atoms with Gasteiger partial charge in [-0.2, -0.15) is 5.26 Å². The highest BCUT2D eigenvalue weighted by atomic mass is 16.6. The maximum Gasteiger partial charge on any atom is 0.405 e. The number of benzene rings is 1. The Bertz CT molecular complexity index is 1100. The number of nitrogens with two attached hydrogens (primary N) is 1. The first-order chi connectivity index (χ1) is 19.7. The third-order valence-electron chi connectivity index (χ3n) is 5.65. The predicted molar refractivity (Wildman–Crippen MR) is 162 cm³/mol. The second kappa shape index (κ2) is 18.4. The van der Waals surface area contributed by atoms with E-state index in [1.165, 1.54) is 6.42 Å². The minimum atomic E-state index is -0.725. The number of carbonyl (C=O) groups excluding carboxylic acids is 2. The number of primary amides is 1. The molecule has 226 valence electrons. The van der Waals surface area contributed by atoms with Crippen LogP contribution in [0.5, 0.6) is 0 Å². The molecule has 1 aromatic carbocycles. The van der Waals surface area contributed by atoms with Crippen molar-refractivity contribution < 1.29 is 19.1 Å². The van der Waals surface area contributed by atoms with Crippen molar-refractivity contribution in [3.8, 4) is 6.07 Å². The molecule has 2 fully saturated rings. The number of hydrogen-bond donors (Lipinski definition) is 2. The number of aromatic nitrogens is 2. The van der Waals surface area contributed by atoms with Gasteiger partial charge in [0.25, 0.3) is 5.91 Å². The number of rotatable bonds is 4. The maximum absolute atomic E-state index is 12.6. The Labute approximate surface area is 245 Å². The summed E-state index contributed by atoms with van der Waals surface area (Å²) in [7, 11) is 0. The molecule has 1 aromatic heterocycles. The molecule has 4 rings (SSSR count). The molecule has 2 amide bonds. The highest BCUT2D eigenvalue weighted by Crippen LogP contribution is 2.23. The van der Waals surface area contributed by atoms with Gasteiger partial charge in [0, 0.05) is 37.4 Å². The monoisotopic (exact) mass is 569 g/mol. The van der Waals surface area contributed by atoms with Crippen LogP contribution >= 0.6 is 0 Å². The number of hydrogen-bond acceptors (Lipinski definition) is 9. The third kappa shape index (κ3) is 12.4. The smallest absolute Gasteiger partial charge is 0.405 e. The van der Waals surface area contributed by atoms with Crippen LogP contribution in [-0.4, -0.2) is 71.9 Å². The van der Waals surface area contributed by atoms with Crippen LogP contribution in [0.4, 0.5) is 22.1 Å². The summed E-state index contributed by atoms with van der Waals surface area (Å²) >= 11 is 0. The van der Waals surface area contributed by atoms with Crippen molar-refractivity contribution in [2.24, 2.45) is 5.73 Å². The summed E-state index contributed by atoms with van der Waals surface area (Å²) in [5, 5.41) is 12.6. The minimum Gasteiger partial charge on any atom is -0.444 e. The number of ether oxygens (including phenoxy) is 2. The van der Waals surface area contributed by atoms with Crippen molar-refractivity contribution in [1.82, 2.24) is 14.9 Å². The maximum atomic E-state index is 12.6. The zero-order chi connectivity index (χ0) is 30.8. The zero-order valence-corrected chi connectivity index (χ0v) is 25.7. The number of morpholine rings is 1. The van der Waals surface area contributed by atoms with Crippen LogP contribution in [0.15, 0.2) is 30.5 Å². The van der Waals surface area contributed by atoms with Crippen LogP contribution in [0.25, 0.3) is 0 Å². The summed E-state index contributed by atoms with van der Waals surface area (Å²) < 4.78 is 9.88. The Morgan fingerprint density at radius 2 is 1.59 bits per heavy atom. The fraction of sp³-hybridized carbons (Fsp3) is 0.567. The van der Waals surface area contributed by atoms with E-state index in [-0.39, 0.29) is 11.6 Å². The van der Waals surface area contributed by atoms with Gasteiger partial charge in [-0.3, -0.25) is 4.79 Å². The lowest BCUT2D eigenvalue weighted by atomic mass is 10.1. The van der Waals surface area contributed by atoms with Crippen molar-refractivity contribution in [1.29, 1.82) is 5.26 Å². The fourth-order valence-corrected chi connectivity index (χ4v) is 3.91. The molecule has 2 aliphatic rings. The quantitative estimate of drug-likeness (QED) is 0.488. The molecule has 0 bridgehead atoms. The molecule has 3 heterocycles. The first-order valence-electron chi connectivity index (χ1n) is 14.4. The van der Waals surface area contributed by atoms with Gasteiger partial charge in [0.1, 0.15) is 17.5 Å². The van der Waals surface area contributed by atoms with Gasteiger partial charge < -0.3 is 30.3 Å². The van der Waals surface area contributed by atoms with Crippen molar-refractivity contribution in [2.45, 2.75) is 73.3 Å². The normalized spacial score (nSPS) is 14.4. The molecule has 0 spiro atoms. The van der Waals surface area contributed by atoms with Gasteiger partial charge in [-0.15, -0.1) is 0 Å². The first-order valence-corrected chi connectivity index (χ1v) is 14.4. The van der Waals surface area contributed by atoms with Crippen molar-refractivity contribution in [3.63, 3.8) is 0 Å². The van der Waals surface area contributed by atoms with Gasteiger partial charge in [-0.25, -0.2) is 14.8 Å². The minimum absolute atomic E-state index is 0.00412. The summed E-state index contributed by atoms with van der Waals surface area (Å²) in [5.74, 6) is 1.22. The summed E-state index contributed by atoms with van der Waals surface area (Å²) in [6, 6.07) is 9.31. The van der Waals surface area contributed by atoms with Gasteiger partial charge in [0.05, 0.1) is 19.4 Å². The molecule has 2 aromatic rings. The molecule has 3 N–H and O–H groups in total. The van der Waals surface area contributed by atoms with E-state index in [0.29, 0.717) is 37.7 Å². The molecule has 2 aliphatic heterocycles. The Hall–Kier alpha value is -3.91. The molecule has 0 unspecified atom stereocenters. The van der Waals surface area contributed by atoms with Gasteiger partial charge in [-0.1, -0.05) is 27.7 Å². The number of nitrogens with one attached hydrogen (secondary N) is 1. The summed E-state index contributed by atoms with van der Waals surface area (Å²) in [5.41, 5.74) is 5.90. The summed E-state index contributed by atoms with van der Waals surface area (Å²) in [6.45, 7) is 17.6. The highest BCUT2D eigenvalue weighted by molar-refractivity contribution is 5.94. The average molecular weight is 570 g/mol. The van der Waals surface area contributed by atoms with Crippen LogP contribution in [-0.2, 0) is 9.47 Å². The summed E-state index contributed by atoms with van der Waals surface area (Å²) in [4.78, 5) is 35.5. The molecule has 0 atom stereocenters. The Morgan fingerprint density at radius 3 is 2.07 bits per heavy atom. The van der Waals surface area contributed by atoms with E-state index in [0.717, 1.165) is 37.4 Å². The predicted octanol–water partition coefficient (Wildman–Crippen LogP) is 5.49. The topological polar surface area (TPSA) is 147 Å². The van der Waals surface area contributed by atoms with E-state index in [2.05, 4.69) is 31.0 Å². The Kier molecular flexibility index (Phi) is 15.8. The number of nitriles is 1. The number of carbonyl (C=O) groups is 2. The fourth-order valence-electron chi connectivity index (χ4n) is 3.91. The zero-order valence-electron chi connectivity index (χ0n) is 25.7. The van der Waals surface area contributed by atoms with Crippen LogP contribution < -0.4 is 16.0 Å². The van der Waals surface area contributed by atoms with Crippen molar-refractivity contribution in [2.75, 3.05) is 49.6 Å². The molecule has 41 heavy (non-hydrogen) atoms. The molecule has 11 heteroatoms. The van der Waals surface area contributed by atoms with E-state index in [1.807, 2.05) is 39.8 Å². The lowest BCUT2D eigenvalue weighted by Crippen LogP contribution is -2.40.